The monoisotopic (exact) mass is 1030 g/mol. The maximum Gasteiger partial charge on any atom is 0.306 e. The number of ether oxygens (including phenoxy) is 3. The van der Waals surface area contributed by atoms with Gasteiger partial charge >= 0.3 is 17.9 Å². The molecule has 6 nitrogen and oxygen atoms in total. The van der Waals surface area contributed by atoms with Gasteiger partial charge in [-0.15, -0.1) is 0 Å². The molecule has 0 bridgehead atoms. The van der Waals surface area contributed by atoms with E-state index in [1.807, 2.05) is 0 Å². The van der Waals surface area contributed by atoms with Crippen molar-refractivity contribution in [2.75, 3.05) is 13.2 Å². The van der Waals surface area contributed by atoms with Crippen molar-refractivity contribution in [2.24, 2.45) is 0 Å². The molecule has 0 aliphatic rings. The Morgan fingerprint density at radius 2 is 0.452 bits per heavy atom. The fourth-order valence-electron chi connectivity index (χ4n) is 10.3. The van der Waals surface area contributed by atoms with Crippen LogP contribution in [0.2, 0.25) is 0 Å². The van der Waals surface area contributed by atoms with E-state index < -0.39 is 6.10 Å². The number of rotatable bonds is 62. The van der Waals surface area contributed by atoms with E-state index >= 15 is 0 Å². The lowest BCUT2D eigenvalue weighted by molar-refractivity contribution is -0.167. The lowest BCUT2D eigenvalue weighted by atomic mass is 10.0. The lowest BCUT2D eigenvalue weighted by Crippen LogP contribution is -2.30. The van der Waals surface area contributed by atoms with E-state index in [-0.39, 0.29) is 31.1 Å². The first-order valence-electron chi connectivity index (χ1n) is 33.2. The molecule has 0 aromatic carbocycles. The van der Waals surface area contributed by atoms with Crippen molar-refractivity contribution in [2.45, 2.75) is 386 Å². The Morgan fingerprint density at radius 1 is 0.260 bits per heavy atom. The second kappa shape index (κ2) is 62.7. The lowest BCUT2D eigenvalue weighted by Gasteiger charge is -2.18. The molecule has 0 aliphatic carbocycles. The Balaban J connectivity index is 4.03. The van der Waals surface area contributed by atoms with Crippen LogP contribution in [0.15, 0.2) is 12.2 Å². The van der Waals surface area contributed by atoms with Gasteiger partial charge in [0, 0.05) is 19.3 Å². The number of allylic oxidation sites excluding steroid dienone is 2. The Morgan fingerprint density at radius 3 is 0.685 bits per heavy atom. The summed E-state index contributed by atoms with van der Waals surface area (Å²) in [6, 6.07) is 0. The molecule has 0 heterocycles. The molecule has 432 valence electrons. The van der Waals surface area contributed by atoms with E-state index in [4.69, 9.17) is 14.2 Å². The zero-order chi connectivity index (χ0) is 52.9. The van der Waals surface area contributed by atoms with Gasteiger partial charge in [0.25, 0.3) is 0 Å². The third kappa shape index (κ3) is 60.9. The maximum absolute atomic E-state index is 12.9. The van der Waals surface area contributed by atoms with Crippen LogP contribution < -0.4 is 0 Å². The minimum atomic E-state index is -0.763. The number of hydrogen-bond acceptors (Lipinski definition) is 6. The predicted octanol–water partition coefficient (Wildman–Crippen LogP) is 22.4. The third-order valence-electron chi connectivity index (χ3n) is 15.3. The summed E-state index contributed by atoms with van der Waals surface area (Å²) < 4.78 is 16.9. The van der Waals surface area contributed by atoms with Gasteiger partial charge in [0.15, 0.2) is 6.10 Å². The van der Waals surface area contributed by atoms with Gasteiger partial charge in [0.05, 0.1) is 0 Å². The number of unbranched alkanes of at least 4 members (excludes halogenated alkanes) is 49. The zero-order valence-corrected chi connectivity index (χ0v) is 49.7. The van der Waals surface area contributed by atoms with Crippen LogP contribution >= 0.6 is 0 Å². The maximum atomic E-state index is 12.9. The highest BCUT2D eigenvalue weighted by molar-refractivity contribution is 5.71. The molecule has 0 spiro atoms. The molecule has 0 fully saturated rings. The van der Waals surface area contributed by atoms with Crippen molar-refractivity contribution in [3.05, 3.63) is 12.2 Å². The molecule has 6 heteroatoms. The molecule has 1 atom stereocenters. The van der Waals surface area contributed by atoms with Crippen molar-refractivity contribution >= 4 is 17.9 Å². The van der Waals surface area contributed by atoms with Crippen LogP contribution in [-0.2, 0) is 28.6 Å². The largest absolute Gasteiger partial charge is 0.462 e. The minimum absolute atomic E-state index is 0.0630. The van der Waals surface area contributed by atoms with Gasteiger partial charge < -0.3 is 14.2 Å². The van der Waals surface area contributed by atoms with E-state index in [2.05, 4.69) is 32.9 Å². The summed E-state index contributed by atoms with van der Waals surface area (Å²) in [5.41, 5.74) is 0. The topological polar surface area (TPSA) is 78.9 Å². The molecular formula is C67H128O6. The summed E-state index contributed by atoms with van der Waals surface area (Å²) in [5.74, 6) is -0.838. The summed E-state index contributed by atoms with van der Waals surface area (Å²) in [5, 5.41) is 0. The van der Waals surface area contributed by atoms with E-state index in [0.29, 0.717) is 19.3 Å². The number of carbonyl (C=O) groups excluding carboxylic acids is 3. The van der Waals surface area contributed by atoms with Crippen molar-refractivity contribution in [3.63, 3.8) is 0 Å². The second-order valence-corrected chi connectivity index (χ2v) is 22.7. The van der Waals surface area contributed by atoms with Crippen LogP contribution in [0.5, 0.6) is 0 Å². The smallest absolute Gasteiger partial charge is 0.306 e. The van der Waals surface area contributed by atoms with E-state index in [1.165, 1.54) is 283 Å². The van der Waals surface area contributed by atoms with Gasteiger partial charge in [0.1, 0.15) is 13.2 Å². The normalized spacial score (nSPS) is 12.0. The molecule has 0 radical (unpaired) electrons. The van der Waals surface area contributed by atoms with Gasteiger partial charge in [-0.05, 0) is 44.9 Å². The Bertz CT molecular complexity index is 1130. The highest BCUT2D eigenvalue weighted by Crippen LogP contribution is 2.18. The molecule has 73 heavy (non-hydrogen) atoms. The predicted molar refractivity (Wildman–Crippen MR) is 317 cm³/mol. The van der Waals surface area contributed by atoms with Crippen LogP contribution in [0.4, 0.5) is 0 Å². The highest BCUT2D eigenvalue weighted by Gasteiger charge is 2.19. The summed E-state index contributed by atoms with van der Waals surface area (Å²) in [7, 11) is 0. The van der Waals surface area contributed by atoms with Crippen molar-refractivity contribution in [3.8, 4) is 0 Å². The standard InChI is InChI=1S/C67H128O6/c1-4-7-10-13-16-19-21-23-25-27-29-30-31-32-33-34-35-36-37-38-39-41-42-44-46-48-51-54-57-60-66(69)72-63-64(62-71-65(68)59-56-53-50-18-15-12-9-6-3)73-67(70)61-58-55-52-49-47-45-43-40-28-26-24-22-20-17-14-11-8-5-2/h27,29,64H,4-26,28,30-63H2,1-3H3/b29-27-. The average Bonchev–Trinajstić information content (AvgIpc) is 3.39. The molecule has 0 aliphatic heterocycles. The van der Waals surface area contributed by atoms with Gasteiger partial charge in [-0.3, -0.25) is 14.4 Å². The van der Waals surface area contributed by atoms with Crippen LogP contribution in [0, 0.1) is 0 Å². The second-order valence-electron chi connectivity index (χ2n) is 22.7. The average molecular weight is 1030 g/mol. The van der Waals surface area contributed by atoms with Gasteiger partial charge in [-0.2, -0.15) is 0 Å². The Hall–Kier alpha value is -1.85. The zero-order valence-electron chi connectivity index (χ0n) is 49.7. The fourth-order valence-corrected chi connectivity index (χ4v) is 10.3. The molecule has 0 N–H and O–H groups in total. The SMILES string of the molecule is CCCCCCCCCC/C=C\CCCCCCCCCCCCCCCCCCCC(=O)OCC(COC(=O)CCCCCCCCCC)OC(=O)CCCCCCCCCCCCCCCCCCCC. The molecular weight excluding hydrogens is 901 g/mol. The number of esters is 3. The Labute approximate surface area is 456 Å². The van der Waals surface area contributed by atoms with Crippen LogP contribution in [-0.4, -0.2) is 37.2 Å². The highest BCUT2D eigenvalue weighted by atomic mass is 16.6. The molecule has 0 saturated heterocycles. The fraction of sp³-hybridized carbons (Fsp3) is 0.925. The van der Waals surface area contributed by atoms with Crippen molar-refractivity contribution in [1.82, 2.24) is 0 Å². The molecule has 0 aromatic rings. The van der Waals surface area contributed by atoms with E-state index in [9.17, 15) is 14.4 Å². The van der Waals surface area contributed by atoms with Crippen molar-refractivity contribution in [1.29, 1.82) is 0 Å². The summed E-state index contributed by atoms with van der Waals surface area (Å²) in [4.78, 5) is 38.1. The molecule has 0 amide bonds. The molecule has 0 aromatic heterocycles. The first-order valence-corrected chi connectivity index (χ1v) is 33.2. The van der Waals surface area contributed by atoms with Crippen LogP contribution in [0.1, 0.15) is 380 Å². The van der Waals surface area contributed by atoms with Crippen molar-refractivity contribution < 1.29 is 28.6 Å². The first kappa shape index (κ1) is 71.2. The number of carbonyl (C=O) groups is 3. The van der Waals surface area contributed by atoms with Crippen LogP contribution in [0.3, 0.4) is 0 Å². The van der Waals surface area contributed by atoms with E-state index in [0.717, 1.165) is 57.8 Å². The Kier molecular flexibility index (Phi) is 61.1. The van der Waals surface area contributed by atoms with Gasteiger partial charge in [-0.25, -0.2) is 0 Å². The quantitative estimate of drug-likeness (QED) is 0.0261. The van der Waals surface area contributed by atoms with Gasteiger partial charge in [-0.1, -0.05) is 328 Å². The van der Waals surface area contributed by atoms with E-state index in [1.54, 1.807) is 0 Å². The molecule has 1 unspecified atom stereocenters. The summed E-state index contributed by atoms with van der Waals surface area (Å²) >= 11 is 0. The summed E-state index contributed by atoms with van der Waals surface area (Å²) in [6.07, 6.45) is 74.0. The number of hydrogen-bond donors (Lipinski definition) is 0. The van der Waals surface area contributed by atoms with Gasteiger partial charge in [0.2, 0.25) is 0 Å². The third-order valence-corrected chi connectivity index (χ3v) is 15.3. The first-order chi connectivity index (χ1) is 36.0. The summed E-state index contributed by atoms with van der Waals surface area (Å²) in [6.45, 7) is 6.68. The molecule has 0 saturated carbocycles. The molecule has 0 rings (SSSR count). The van der Waals surface area contributed by atoms with Crippen LogP contribution in [0.25, 0.3) is 0 Å². The minimum Gasteiger partial charge on any atom is -0.462 e.